The van der Waals surface area contributed by atoms with Gasteiger partial charge in [0.1, 0.15) is 36.2 Å². The normalized spacial score (nSPS) is 21.0. The monoisotopic (exact) mass is 769 g/mol. The average molecular weight is 770 g/mol. The summed E-state index contributed by atoms with van der Waals surface area (Å²) >= 11 is 7.65. The molecule has 0 amide bonds. The second-order valence-corrected chi connectivity index (χ2v) is 14.8. The number of anilines is 1. The van der Waals surface area contributed by atoms with E-state index in [1.165, 1.54) is 35.0 Å². The molecule has 0 radical (unpaired) electrons. The van der Waals surface area contributed by atoms with Gasteiger partial charge < -0.3 is 30.0 Å². The Hall–Kier alpha value is -3.97. The lowest BCUT2D eigenvalue weighted by molar-refractivity contribution is -0.139. The number of nitrogens with zero attached hydrogens (tertiary/aromatic N) is 7. The molecule has 4 aromatic rings. The summed E-state index contributed by atoms with van der Waals surface area (Å²) in [5.74, 6) is -4.56. The molecule has 0 saturated carbocycles. The molecule has 0 spiro atoms. The highest BCUT2D eigenvalue weighted by Gasteiger charge is 2.52. The van der Waals surface area contributed by atoms with E-state index in [-0.39, 0.29) is 53.2 Å². The van der Waals surface area contributed by atoms with Gasteiger partial charge in [0, 0.05) is 40.9 Å². The third-order valence-corrected chi connectivity index (χ3v) is 10.1. The fourth-order valence-electron chi connectivity index (χ4n) is 5.67. The van der Waals surface area contributed by atoms with Gasteiger partial charge >= 0.3 is 13.6 Å². The smallest absolute Gasteiger partial charge is 0.354 e. The van der Waals surface area contributed by atoms with Crippen LogP contribution in [0.1, 0.15) is 30.5 Å². The summed E-state index contributed by atoms with van der Waals surface area (Å²) in [6.45, 7) is 1.73. The van der Waals surface area contributed by atoms with Crippen molar-refractivity contribution in [1.29, 1.82) is 0 Å². The molecule has 21 heteroatoms. The van der Waals surface area contributed by atoms with Crippen LogP contribution in [-0.2, 0) is 29.9 Å². The van der Waals surface area contributed by atoms with Crippen molar-refractivity contribution < 1.29 is 41.4 Å². The number of carbonyl (C=O) groups excluding carboxylic acids is 1. The highest BCUT2D eigenvalue weighted by Crippen LogP contribution is 2.48. The molecule has 5 heterocycles. The molecule has 272 valence electrons. The van der Waals surface area contributed by atoms with Crippen molar-refractivity contribution in [2.75, 3.05) is 38.3 Å². The Labute approximate surface area is 297 Å². The number of esters is 1. The van der Waals surface area contributed by atoms with Crippen LogP contribution < -0.4 is 11.1 Å². The van der Waals surface area contributed by atoms with E-state index in [1.807, 2.05) is 0 Å². The molecular formula is C30H32ClF3N9O6PS. The Morgan fingerprint density at radius 2 is 2.10 bits per heavy atom. The summed E-state index contributed by atoms with van der Waals surface area (Å²) in [5, 5.41) is 5.16. The predicted molar refractivity (Wildman–Crippen MR) is 181 cm³/mol. The Morgan fingerprint density at radius 3 is 2.82 bits per heavy atom. The maximum Gasteiger partial charge on any atom is 0.354 e. The van der Waals surface area contributed by atoms with Crippen LogP contribution in [0, 0.1) is 5.82 Å². The van der Waals surface area contributed by atoms with E-state index in [2.05, 4.69) is 30.2 Å². The number of likely N-dealkylation sites (tertiary alicyclic amines) is 1. The van der Waals surface area contributed by atoms with Crippen molar-refractivity contribution >= 4 is 59.3 Å². The van der Waals surface area contributed by atoms with Gasteiger partial charge in [-0.3, -0.25) is 19.0 Å². The highest BCUT2D eigenvalue weighted by atomic mass is 35.5. The van der Waals surface area contributed by atoms with Gasteiger partial charge in [-0.25, -0.2) is 37.9 Å². The number of aromatic nitrogens is 5. The van der Waals surface area contributed by atoms with E-state index in [9.17, 15) is 18.6 Å². The van der Waals surface area contributed by atoms with Crippen LogP contribution in [0.5, 0.6) is 0 Å². The maximum absolute atomic E-state index is 15.4. The number of alkyl halides is 2. The average Bonchev–Trinajstić information content (AvgIpc) is 3.80. The van der Waals surface area contributed by atoms with Crippen molar-refractivity contribution in [3.05, 3.63) is 75.1 Å². The topological polar surface area (TPSA) is 192 Å². The van der Waals surface area contributed by atoms with Gasteiger partial charge in [0.2, 0.25) is 0 Å². The number of carbonyl (C=O) groups is 1. The second kappa shape index (κ2) is 14.9. The number of rotatable bonds is 13. The number of hydrogen-bond donors (Lipinski definition) is 3. The zero-order valence-corrected chi connectivity index (χ0v) is 29.5. The van der Waals surface area contributed by atoms with Crippen LogP contribution >= 0.6 is 30.5 Å². The summed E-state index contributed by atoms with van der Waals surface area (Å²) in [6.07, 6.45) is 0.745. The number of hydrogen-bond acceptors (Lipinski definition) is 14. The van der Waals surface area contributed by atoms with Crippen LogP contribution in [0.15, 0.2) is 58.7 Å². The lowest BCUT2D eigenvalue weighted by Gasteiger charge is -2.29. The number of nitrogens with one attached hydrogen (secondary N) is 1. The molecule has 15 nitrogen and oxygen atoms in total. The summed E-state index contributed by atoms with van der Waals surface area (Å²) in [5.41, 5.74) is 7.02. The van der Waals surface area contributed by atoms with Crippen molar-refractivity contribution in [1.82, 2.24) is 34.7 Å². The number of nitrogens with two attached hydrogens (primary N) is 1. The SMILES string of the molecule is CCOC(=O)C1=C(CN2CC(OP(=O)(O)CO[C@H](C)Cn3cnc4c(N)ncnc43)C(F)(F)C2)NC(c2nccs2)=N[C@H]1c1ccc(F)cc1Cl. The molecule has 2 unspecified atom stereocenters. The fraction of sp³-hybridized carbons (Fsp3) is 0.400. The maximum atomic E-state index is 15.4. The molecule has 3 aromatic heterocycles. The molecule has 1 aromatic carbocycles. The third kappa shape index (κ3) is 8.25. The molecule has 0 aliphatic carbocycles. The Morgan fingerprint density at radius 1 is 1.29 bits per heavy atom. The molecule has 0 bridgehead atoms. The van der Waals surface area contributed by atoms with E-state index in [1.54, 1.807) is 30.0 Å². The molecule has 1 saturated heterocycles. The number of fused-ring (bicyclic) bond motifs is 1. The summed E-state index contributed by atoms with van der Waals surface area (Å²) in [6, 6.07) is 2.51. The first-order valence-electron chi connectivity index (χ1n) is 15.5. The lowest BCUT2D eigenvalue weighted by atomic mass is 9.95. The van der Waals surface area contributed by atoms with Crippen LogP contribution in [0.3, 0.4) is 0 Å². The summed E-state index contributed by atoms with van der Waals surface area (Å²) < 4.78 is 75.4. The van der Waals surface area contributed by atoms with Crippen molar-refractivity contribution in [3.8, 4) is 0 Å². The zero-order valence-electron chi connectivity index (χ0n) is 27.1. The fourth-order valence-corrected chi connectivity index (χ4v) is 7.65. The molecule has 51 heavy (non-hydrogen) atoms. The Balaban J connectivity index is 1.18. The number of amidine groups is 1. The van der Waals surface area contributed by atoms with E-state index >= 15 is 8.78 Å². The third-order valence-electron chi connectivity index (χ3n) is 7.92. The lowest BCUT2D eigenvalue weighted by Crippen LogP contribution is -2.39. The first-order chi connectivity index (χ1) is 24.2. The van der Waals surface area contributed by atoms with Gasteiger partial charge in [-0.05, 0) is 26.0 Å². The van der Waals surface area contributed by atoms with E-state index < -0.39 is 63.0 Å². The Bertz CT molecular complexity index is 2030. The van der Waals surface area contributed by atoms with Gasteiger partial charge in [0.05, 0.1) is 37.7 Å². The molecule has 2 aliphatic heterocycles. The van der Waals surface area contributed by atoms with Gasteiger partial charge in [-0.15, -0.1) is 11.3 Å². The van der Waals surface area contributed by atoms with Crippen LogP contribution in [0.4, 0.5) is 19.0 Å². The molecule has 1 fully saturated rings. The number of halogens is 4. The summed E-state index contributed by atoms with van der Waals surface area (Å²) in [4.78, 5) is 46.4. The van der Waals surface area contributed by atoms with Crippen LogP contribution in [0.2, 0.25) is 5.02 Å². The van der Waals surface area contributed by atoms with Crippen molar-refractivity contribution in [2.45, 2.75) is 44.6 Å². The molecule has 6 rings (SSSR count). The first kappa shape index (κ1) is 36.8. The minimum Gasteiger partial charge on any atom is -0.463 e. The first-order valence-corrected chi connectivity index (χ1v) is 18.5. The number of thiazole rings is 1. The van der Waals surface area contributed by atoms with Gasteiger partial charge in [-0.2, -0.15) is 0 Å². The number of imidazole rings is 1. The van der Waals surface area contributed by atoms with Crippen LogP contribution in [-0.4, -0.2) is 96.8 Å². The Kier molecular flexibility index (Phi) is 10.8. The number of ether oxygens (including phenoxy) is 2. The van der Waals surface area contributed by atoms with Crippen LogP contribution in [0.25, 0.3) is 11.2 Å². The second-order valence-electron chi connectivity index (χ2n) is 11.7. The van der Waals surface area contributed by atoms with Crippen molar-refractivity contribution in [3.63, 3.8) is 0 Å². The zero-order chi connectivity index (χ0) is 36.5. The van der Waals surface area contributed by atoms with Gasteiger partial charge in [-0.1, -0.05) is 17.7 Å². The highest BCUT2D eigenvalue weighted by molar-refractivity contribution is 7.52. The largest absolute Gasteiger partial charge is 0.463 e. The molecular weight excluding hydrogens is 738 g/mol. The number of benzene rings is 1. The quantitative estimate of drug-likeness (QED) is 0.130. The molecule has 2 aliphatic rings. The minimum absolute atomic E-state index is 0.00534. The minimum atomic E-state index is -4.70. The summed E-state index contributed by atoms with van der Waals surface area (Å²) in [7, 11) is -4.70. The molecule has 4 atom stereocenters. The number of nitrogen functional groups attached to an aromatic ring is 1. The standard InChI is InChI=1S/C30H32ClF3N9O6PS/c1-3-47-29(44)22-20(40-26(28-36-6-7-51-28)41-23(22)18-5-4-17(32)8-19(18)31)10-42-11-21(30(33,34)12-42)49-50(45,46)15-48-16(2)9-43-14-39-24-25(35)37-13-38-27(24)43/h4-8,13-14,16,21,23H,3,9-12,15H2,1-2H3,(H,40,41)(H,45,46)(H2,35,37,38)/t16-,21?,23+/m1/s1. The van der Waals surface area contributed by atoms with E-state index in [0.29, 0.717) is 16.2 Å². The van der Waals surface area contributed by atoms with Gasteiger partial charge in [0.15, 0.2) is 22.3 Å². The van der Waals surface area contributed by atoms with E-state index in [0.717, 1.165) is 12.1 Å². The molecule has 4 N–H and O–H groups in total. The van der Waals surface area contributed by atoms with Crippen molar-refractivity contribution in [2.24, 2.45) is 4.99 Å². The number of aliphatic imine (C=N–C) groups is 1. The van der Waals surface area contributed by atoms with E-state index in [4.69, 9.17) is 31.3 Å². The van der Waals surface area contributed by atoms with Gasteiger partial charge in [0.25, 0.3) is 5.92 Å². The predicted octanol–water partition coefficient (Wildman–Crippen LogP) is 4.15.